The molecule has 1 spiro atoms. The van der Waals surface area contributed by atoms with Crippen LogP contribution in [0.3, 0.4) is 0 Å². The number of rotatable bonds is 4. The normalized spacial score (nSPS) is 29.7. The van der Waals surface area contributed by atoms with E-state index in [-0.39, 0.29) is 10.9 Å². The van der Waals surface area contributed by atoms with E-state index < -0.39 is 5.97 Å². The molecule has 1 N–H and O–H groups in total. The van der Waals surface area contributed by atoms with Crippen molar-refractivity contribution < 1.29 is 14.6 Å². The van der Waals surface area contributed by atoms with Crippen molar-refractivity contribution in [2.24, 2.45) is 0 Å². The van der Waals surface area contributed by atoms with Gasteiger partial charge in [0, 0.05) is 11.9 Å². The average Bonchev–Trinajstić information content (AvgIpc) is 2.23. The molecule has 1 saturated carbocycles. The van der Waals surface area contributed by atoms with Gasteiger partial charge >= 0.3 is 5.97 Å². The van der Waals surface area contributed by atoms with Gasteiger partial charge in [-0.2, -0.15) is 0 Å². The summed E-state index contributed by atoms with van der Waals surface area (Å²) >= 11 is 1.65. The lowest BCUT2D eigenvalue weighted by atomic mass is 9.75. The summed E-state index contributed by atoms with van der Waals surface area (Å²) in [5.41, 5.74) is 0.132. The average molecular weight is 244 g/mol. The van der Waals surface area contributed by atoms with Crippen LogP contribution in [-0.2, 0) is 9.53 Å². The number of carbonyl (C=O) groups is 1. The fourth-order valence-electron chi connectivity index (χ4n) is 2.58. The lowest BCUT2D eigenvalue weighted by Gasteiger charge is -2.47. The molecule has 0 aromatic heterocycles. The maximum Gasteiger partial charge on any atom is 0.316 e. The third-order valence-electron chi connectivity index (χ3n) is 3.72. The first-order valence-electron chi connectivity index (χ1n) is 6.17. The van der Waals surface area contributed by atoms with Crippen LogP contribution in [0.5, 0.6) is 0 Å². The quantitative estimate of drug-likeness (QED) is 0.826. The van der Waals surface area contributed by atoms with Crippen molar-refractivity contribution in [2.75, 3.05) is 6.61 Å². The Hall–Kier alpha value is -0.220. The van der Waals surface area contributed by atoms with Gasteiger partial charge in [-0.15, -0.1) is 11.8 Å². The fraction of sp³-hybridized carbons (Fsp3) is 0.917. The second-order valence-corrected chi connectivity index (χ2v) is 6.38. The second-order valence-electron chi connectivity index (χ2n) is 4.87. The first-order valence-corrected chi connectivity index (χ1v) is 7.12. The molecule has 3 nitrogen and oxygen atoms in total. The van der Waals surface area contributed by atoms with E-state index in [4.69, 9.17) is 9.84 Å². The number of thioether (sulfide) groups is 1. The highest BCUT2D eigenvalue weighted by Gasteiger charge is 2.43. The summed E-state index contributed by atoms with van der Waals surface area (Å²) < 4.78 is 5.85. The predicted molar refractivity (Wildman–Crippen MR) is 64.9 cm³/mol. The Morgan fingerprint density at radius 3 is 2.88 bits per heavy atom. The third-order valence-corrected chi connectivity index (χ3v) is 5.37. The molecule has 4 heteroatoms. The minimum atomic E-state index is -0.665. The highest BCUT2D eigenvalue weighted by molar-refractivity contribution is 8.01. The van der Waals surface area contributed by atoms with Gasteiger partial charge in [0.05, 0.1) is 5.60 Å². The van der Waals surface area contributed by atoms with Gasteiger partial charge in [-0.1, -0.05) is 6.92 Å². The van der Waals surface area contributed by atoms with Crippen LogP contribution in [0, 0.1) is 0 Å². The summed E-state index contributed by atoms with van der Waals surface area (Å²) in [5.74, 6) is -0.665. The zero-order valence-electron chi connectivity index (χ0n) is 9.78. The molecule has 92 valence electrons. The highest BCUT2D eigenvalue weighted by atomic mass is 32.2. The van der Waals surface area contributed by atoms with Gasteiger partial charge in [0.2, 0.25) is 0 Å². The van der Waals surface area contributed by atoms with E-state index in [1.807, 2.05) is 6.92 Å². The molecule has 0 aromatic rings. The first kappa shape index (κ1) is 12.2. The van der Waals surface area contributed by atoms with Crippen LogP contribution < -0.4 is 0 Å². The zero-order valence-corrected chi connectivity index (χ0v) is 10.6. The standard InChI is InChI=1S/C12H20O3S/c1-2-10(11(13)14)16-9-4-7-15-12(8-9)5-3-6-12/h9-10H,2-8H2,1H3,(H,13,14). The number of aliphatic carboxylic acids is 1. The van der Waals surface area contributed by atoms with Crippen molar-refractivity contribution in [1.82, 2.24) is 0 Å². The lowest BCUT2D eigenvalue weighted by molar-refractivity contribution is -0.136. The van der Waals surface area contributed by atoms with Gasteiger partial charge in [-0.05, 0) is 38.5 Å². The molecule has 16 heavy (non-hydrogen) atoms. The Labute approximate surface area is 101 Å². The van der Waals surface area contributed by atoms with Crippen molar-refractivity contribution in [3.63, 3.8) is 0 Å². The Morgan fingerprint density at radius 2 is 2.38 bits per heavy atom. The maximum absolute atomic E-state index is 11.0. The molecule has 0 bridgehead atoms. The predicted octanol–water partition coefficient (Wildman–Crippen LogP) is 2.68. The van der Waals surface area contributed by atoms with Crippen molar-refractivity contribution in [1.29, 1.82) is 0 Å². The largest absolute Gasteiger partial charge is 0.480 e. The fourth-order valence-corrected chi connectivity index (χ4v) is 3.99. The topological polar surface area (TPSA) is 46.5 Å². The minimum Gasteiger partial charge on any atom is -0.480 e. The van der Waals surface area contributed by atoms with Gasteiger partial charge in [0.1, 0.15) is 5.25 Å². The van der Waals surface area contributed by atoms with E-state index in [0.717, 1.165) is 19.4 Å². The zero-order chi connectivity index (χ0) is 11.6. The lowest BCUT2D eigenvalue weighted by Crippen LogP contribution is -2.46. The molecule has 2 fully saturated rings. The second kappa shape index (κ2) is 4.96. The summed E-state index contributed by atoms with van der Waals surface area (Å²) in [6.07, 6.45) is 6.40. The molecule has 0 amide bonds. The van der Waals surface area contributed by atoms with Crippen LogP contribution in [-0.4, -0.2) is 33.8 Å². The van der Waals surface area contributed by atoms with E-state index in [9.17, 15) is 4.79 Å². The molecule has 1 aliphatic carbocycles. The summed E-state index contributed by atoms with van der Waals surface area (Å²) in [6.45, 7) is 2.76. The van der Waals surface area contributed by atoms with Crippen LogP contribution >= 0.6 is 11.8 Å². The minimum absolute atomic E-state index is 0.132. The van der Waals surface area contributed by atoms with Crippen molar-refractivity contribution >= 4 is 17.7 Å². The molecular formula is C12H20O3S. The third kappa shape index (κ3) is 2.54. The Kier molecular flexibility index (Phi) is 3.80. The number of ether oxygens (including phenoxy) is 1. The summed E-state index contributed by atoms with van der Waals surface area (Å²) in [6, 6.07) is 0. The Balaban J connectivity index is 1.87. The molecular weight excluding hydrogens is 224 g/mol. The number of hydrogen-bond acceptors (Lipinski definition) is 3. The van der Waals surface area contributed by atoms with Crippen molar-refractivity contribution in [3.05, 3.63) is 0 Å². The smallest absolute Gasteiger partial charge is 0.316 e. The monoisotopic (exact) mass is 244 g/mol. The molecule has 2 atom stereocenters. The van der Waals surface area contributed by atoms with E-state index in [1.165, 1.54) is 19.3 Å². The van der Waals surface area contributed by atoms with Gasteiger partial charge in [0.15, 0.2) is 0 Å². The highest BCUT2D eigenvalue weighted by Crippen LogP contribution is 2.45. The van der Waals surface area contributed by atoms with Crippen LogP contribution in [0.4, 0.5) is 0 Å². The van der Waals surface area contributed by atoms with Crippen LogP contribution in [0.1, 0.15) is 45.4 Å². The first-order chi connectivity index (χ1) is 7.65. The molecule has 2 aliphatic rings. The van der Waals surface area contributed by atoms with Gasteiger partial charge in [0.25, 0.3) is 0 Å². The van der Waals surface area contributed by atoms with E-state index in [1.54, 1.807) is 11.8 Å². The van der Waals surface area contributed by atoms with Crippen LogP contribution in [0.15, 0.2) is 0 Å². The van der Waals surface area contributed by atoms with Crippen LogP contribution in [0.2, 0.25) is 0 Å². The summed E-state index contributed by atoms with van der Waals surface area (Å²) in [7, 11) is 0. The SMILES string of the molecule is CCC(SC1CCOC2(CCC2)C1)C(=O)O. The van der Waals surface area contributed by atoms with Gasteiger partial charge < -0.3 is 9.84 Å². The Bertz CT molecular complexity index is 263. The van der Waals surface area contributed by atoms with E-state index >= 15 is 0 Å². The van der Waals surface area contributed by atoms with Gasteiger partial charge in [-0.25, -0.2) is 0 Å². The van der Waals surface area contributed by atoms with Crippen molar-refractivity contribution in [3.8, 4) is 0 Å². The van der Waals surface area contributed by atoms with Crippen molar-refractivity contribution in [2.45, 2.75) is 61.5 Å². The summed E-state index contributed by atoms with van der Waals surface area (Å²) in [4.78, 5) is 11.0. The van der Waals surface area contributed by atoms with Gasteiger partial charge in [-0.3, -0.25) is 4.79 Å². The molecule has 2 unspecified atom stereocenters. The summed E-state index contributed by atoms with van der Waals surface area (Å²) in [5, 5.41) is 9.30. The Morgan fingerprint density at radius 1 is 1.62 bits per heavy atom. The maximum atomic E-state index is 11.0. The molecule has 1 heterocycles. The number of carboxylic acids is 1. The molecule has 1 aliphatic heterocycles. The number of hydrogen-bond donors (Lipinski definition) is 1. The molecule has 1 saturated heterocycles. The number of carboxylic acid groups (broad SMARTS) is 1. The molecule has 2 rings (SSSR count). The van der Waals surface area contributed by atoms with E-state index in [2.05, 4.69) is 0 Å². The van der Waals surface area contributed by atoms with Crippen LogP contribution in [0.25, 0.3) is 0 Å². The van der Waals surface area contributed by atoms with E-state index in [0.29, 0.717) is 11.7 Å². The molecule has 0 radical (unpaired) electrons. The molecule has 0 aromatic carbocycles.